The quantitative estimate of drug-likeness (QED) is 0.814. The van der Waals surface area contributed by atoms with Gasteiger partial charge in [0.2, 0.25) is 5.91 Å². The standard InChI is InChI=1S/C14H19NO3S/c1-10-6-4-5-7-12(10)15-14(17)11(2)19-9-8-13(16)18-3/h4-7,11H,8-9H2,1-3H3,(H,15,17). The molecule has 0 spiro atoms. The molecule has 0 aliphatic heterocycles. The Hall–Kier alpha value is -1.49. The minimum atomic E-state index is -0.251. The van der Waals surface area contributed by atoms with E-state index < -0.39 is 0 Å². The number of thioether (sulfide) groups is 1. The summed E-state index contributed by atoms with van der Waals surface area (Å²) in [6.07, 6.45) is 0.323. The first-order valence-electron chi connectivity index (χ1n) is 6.09. The molecule has 0 aliphatic rings. The van der Waals surface area contributed by atoms with Gasteiger partial charge in [-0.1, -0.05) is 18.2 Å². The Balaban J connectivity index is 2.41. The number of hydrogen-bond acceptors (Lipinski definition) is 4. The van der Waals surface area contributed by atoms with Gasteiger partial charge in [-0.15, -0.1) is 11.8 Å². The number of carbonyl (C=O) groups is 2. The zero-order valence-electron chi connectivity index (χ0n) is 11.4. The van der Waals surface area contributed by atoms with Crippen molar-refractivity contribution in [2.24, 2.45) is 0 Å². The Morgan fingerprint density at radius 3 is 2.68 bits per heavy atom. The number of methoxy groups -OCH3 is 1. The van der Waals surface area contributed by atoms with Crippen molar-refractivity contribution >= 4 is 29.3 Å². The van der Waals surface area contributed by atoms with E-state index in [4.69, 9.17) is 0 Å². The topological polar surface area (TPSA) is 55.4 Å². The lowest BCUT2D eigenvalue weighted by Gasteiger charge is -2.13. The molecule has 19 heavy (non-hydrogen) atoms. The SMILES string of the molecule is COC(=O)CCSC(C)C(=O)Nc1ccccc1C. The van der Waals surface area contributed by atoms with E-state index in [9.17, 15) is 9.59 Å². The Kier molecular flexibility index (Phi) is 6.42. The summed E-state index contributed by atoms with van der Waals surface area (Å²) in [5.74, 6) is 0.276. The van der Waals surface area contributed by atoms with Crippen molar-refractivity contribution in [3.8, 4) is 0 Å². The van der Waals surface area contributed by atoms with E-state index in [-0.39, 0.29) is 17.1 Å². The molecule has 5 heteroatoms. The van der Waals surface area contributed by atoms with Gasteiger partial charge in [0.25, 0.3) is 0 Å². The summed E-state index contributed by atoms with van der Waals surface area (Å²) in [4.78, 5) is 22.9. The molecule has 0 saturated heterocycles. The van der Waals surface area contributed by atoms with E-state index in [1.165, 1.54) is 18.9 Å². The largest absolute Gasteiger partial charge is 0.469 e. The van der Waals surface area contributed by atoms with Crippen LogP contribution in [0.25, 0.3) is 0 Å². The summed E-state index contributed by atoms with van der Waals surface area (Å²) < 4.78 is 4.55. The van der Waals surface area contributed by atoms with Crippen molar-refractivity contribution in [3.63, 3.8) is 0 Å². The van der Waals surface area contributed by atoms with Crippen LogP contribution in [0.1, 0.15) is 18.9 Å². The first kappa shape index (κ1) is 15.6. The Morgan fingerprint density at radius 1 is 1.37 bits per heavy atom. The molecule has 1 atom stereocenters. The van der Waals surface area contributed by atoms with Crippen LogP contribution in [0, 0.1) is 6.92 Å². The molecule has 0 heterocycles. The van der Waals surface area contributed by atoms with Gasteiger partial charge in [-0.25, -0.2) is 0 Å². The van der Waals surface area contributed by atoms with Gasteiger partial charge in [-0.3, -0.25) is 9.59 Å². The highest BCUT2D eigenvalue weighted by atomic mass is 32.2. The van der Waals surface area contributed by atoms with Crippen LogP contribution in [0.4, 0.5) is 5.69 Å². The van der Waals surface area contributed by atoms with E-state index in [0.717, 1.165) is 11.3 Å². The van der Waals surface area contributed by atoms with Crippen LogP contribution in [-0.4, -0.2) is 30.0 Å². The molecule has 1 rings (SSSR count). The van der Waals surface area contributed by atoms with Crippen LogP contribution < -0.4 is 5.32 Å². The fourth-order valence-electron chi connectivity index (χ4n) is 1.44. The Labute approximate surface area is 117 Å². The first-order chi connectivity index (χ1) is 9.04. The number of carbonyl (C=O) groups excluding carboxylic acids is 2. The van der Waals surface area contributed by atoms with Gasteiger partial charge < -0.3 is 10.1 Å². The minimum absolute atomic E-state index is 0.0517. The number of benzene rings is 1. The average molecular weight is 281 g/mol. The third-order valence-electron chi connectivity index (χ3n) is 2.67. The second-order valence-electron chi connectivity index (χ2n) is 4.14. The summed E-state index contributed by atoms with van der Waals surface area (Å²) in [5.41, 5.74) is 1.86. The molecule has 1 aromatic carbocycles. The second-order valence-corrected chi connectivity index (χ2v) is 5.59. The highest BCUT2D eigenvalue weighted by molar-refractivity contribution is 8.00. The summed E-state index contributed by atoms with van der Waals surface area (Å²) >= 11 is 1.44. The second kappa shape index (κ2) is 7.84. The lowest BCUT2D eigenvalue weighted by Crippen LogP contribution is -2.23. The molecule has 0 radical (unpaired) electrons. The van der Waals surface area contributed by atoms with Crippen molar-refractivity contribution < 1.29 is 14.3 Å². The Bertz CT molecular complexity index is 448. The van der Waals surface area contributed by atoms with Crippen LogP contribution in [-0.2, 0) is 14.3 Å². The molecule has 104 valence electrons. The number of anilines is 1. The maximum Gasteiger partial charge on any atom is 0.306 e. The summed E-state index contributed by atoms with van der Waals surface area (Å²) in [7, 11) is 1.36. The van der Waals surface area contributed by atoms with E-state index in [2.05, 4.69) is 10.1 Å². The summed E-state index contributed by atoms with van der Waals surface area (Å²) in [6.45, 7) is 3.78. The Morgan fingerprint density at radius 2 is 2.05 bits per heavy atom. The van der Waals surface area contributed by atoms with Gasteiger partial charge in [0, 0.05) is 11.4 Å². The smallest absolute Gasteiger partial charge is 0.306 e. The normalized spacial score (nSPS) is 11.7. The van der Waals surface area contributed by atoms with Crippen LogP contribution in [0.15, 0.2) is 24.3 Å². The van der Waals surface area contributed by atoms with Gasteiger partial charge in [0.05, 0.1) is 18.8 Å². The van der Waals surface area contributed by atoms with Crippen LogP contribution in [0.5, 0.6) is 0 Å². The zero-order chi connectivity index (χ0) is 14.3. The molecule has 1 aromatic rings. The average Bonchev–Trinajstić information content (AvgIpc) is 2.40. The van der Waals surface area contributed by atoms with E-state index in [1.807, 2.05) is 38.1 Å². The summed E-state index contributed by atoms with van der Waals surface area (Å²) in [6, 6.07) is 7.64. The van der Waals surface area contributed by atoms with Crippen molar-refractivity contribution in [3.05, 3.63) is 29.8 Å². The number of nitrogens with one attached hydrogen (secondary N) is 1. The molecule has 1 amide bonds. The third-order valence-corrected chi connectivity index (χ3v) is 3.83. The predicted molar refractivity (Wildman–Crippen MR) is 78.4 cm³/mol. The van der Waals surface area contributed by atoms with Crippen molar-refractivity contribution in [2.75, 3.05) is 18.2 Å². The maximum absolute atomic E-state index is 12.0. The number of ether oxygens (including phenoxy) is 1. The van der Waals surface area contributed by atoms with Gasteiger partial charge >= 0.3 is 5.97 Å². The molecular weight excluding hydrogens is 262 g/mol. The molecule has 0 aromatic heterocycles. The highest BCUT2D eigenvalue weighted by Gasteiger charge is 2.14. The lowest BCUT2D eigenvalue weighted by atomic mass is 10.2. The third kappa shape index (κ3) is 5.34. The van der Waals surface area contributed by atoms with Gasteiger partial charge in [0.1, 0.15) is 0 Å². The van der Waals surface area contributed by atoms with Crippen molar-refractivity contribution in [2.45, 2.75) is 25.5 Å². The first-order valence-corrected chi connectivity index (χ1v) is 7.14. The number of para-hydroxylation sites is 1. The molecule has 1 unspecified atom stereocenters. The maximum atomic E-state index is 12.0. The number of amides is 1. The molecule has 0 saturated carbocycles. The number of rotatable bonds is 6. The molecule has 0 fully saturated rings. The van der Waals surface area contributed by atoms with Gasteiger partial charge in [0.15, 0.2) is 0 Å². The van der Waals surface area contributed by atoms with Crippen molar-refractivity contribution in [1.29, 1.82) is 0 Å². The van der Waals surface area contributed by atoms with E-state index >= 15 is 0 Å². The van der Waals surface area contributed by atoms with Gasteiger partial charge in [-0.2, -0.15) is 0 Å². The van der Waals surface area contributed by atoms with Crippen molar-refractivity contribution in [1.82, 2.24) is 0 Å². The molecular formula is C14H19NO3S. The minimum Gasteiger partial charge on any atom is -0.469 e. The molecule has 0 bridgehead atoms. The lowest BCUT2D eigenvalue weighted by molar-refractivity contribution is -0.140. The van der Waals surface area contributed by atoms with Gasteiger partial charge in [-0.05, 0) is 25.5 Å². The zero-order valence-corrected chi connectivity index (χ0v) is 12.3. The van der Waals surface area contributed by atoms with E-state index in [1.54, 1.807) is 0 Å². The van der Waals surface area contributed by atoms with E-state index in [0.29, 0.717) is 12.2 Å². The number of esters is 1. The van der Waals surface area contributed by atoms with Crippen LogP contribution in [0.3, 0.4) is 0 Å². The summed E-state index contributed by atoms with van der Waals surface area (Å²) in [5, 5.41) is 2.68. The van der Waals surface area contributed by atoms with Crippen LogP contribution >= 0.6 is 11.8 Å². The predicted octanol–water partition coefficient (Wildman–Crippen LogP) is 2.62. The number of hydrogen-bond donors (Lipinski definition) is 1. The molecule has 0 aliphatic carbocycles. The molecule has 1 N–H and O–H groups in total. The molecule has 4 nitrogen and oxygen atoms in total. The fourth-order valence-corrected chi connectivity index (χ4v) is 2.29. The fraction of sp³-hybridized carbons (Fsp3) is 0.429. The highest BCUT2D eigenvalue weighted by Crippen LogP contribution is 2.17. The van der Waals surface area contributed by atoms with Crippen LogP contribution in [0.2, 0.25) is 0 Å². The monoisotopic (exact) mass is 281 g/mol. The number of aryl methyl sites for hydroxylation is 1.